The van der Waals surface area contributed by atoms with Gasteiger partial charge in [0.1, 0.15) is 5.75 Å². The Hall–Kier alpha value is -1.29. The number of hydrogen-bond donors (Lipinski definition) is 1. The summed E-state index contributed by atoms with van der Waals surface area (Å²) in [4.78, 5) is 4.23. The van der Waals surface area contributed by atoms with Crippen LogP contribution in [0.2, 0.25) is 10.0 Å². The van der Waals surface area contributed by atoms with Crippen LogP contribution in [0.25, 0.3) is 0 Å². The third kappa shape index (κ3) is 3.06. The number of nitrogens with zero attached hydrogens (tertiary/aromatic N) is 1. The van der Waals surface area contributed by atoms with E-state index in [1.807, 2.05) is 24.3 Å². The van der Waals surface area contributed by atoms with Gasteiger partial charge in [-0.25, -0.2) is 0 Å². The van der Waals surface area contributed by atoms with E-state index in [1.165, 1.54) is 0 Å². The summed E-state index contributed by atoms with van der Waals surface area (Å²) in [6.45, 7) is 0. The van der Waals surface area contributed by atoms with Crippen LogP contribution < -0.4 is 10.5 Å². The van der Waals surface area contributed by atoms with E-state index < -0.39 is 6.04 Å². The van der Waals surface area contributed by atoms with Crippen molar-refractivity contribution in [1.29, 1.82) is 0 Å². The quantitative estimate of drug-likeness (QED) is 0.929. The summed E-state index contributed by atoms with van der Waals surface area (Å²) in [7, 11) is 0. The second kappa shape index (κ2) is 5.60. The van der Waals surface area contributed by atoms with E-state index in [1.54, 1.807) is 12.3 Å². The zero-order chi connectivity index (χ0) is 14.1. The van der Waals surface area contributed by atoms with Gasteiger partial charge in [-0.3, -0.25) is 4.98 Å². The molecule has 1 heterocycles. The number of ether oxygens (including phenoxy) is 1. The molecule has 1 aromatic carbocycles. The van der Waals surface area contributed by atoms with Gasteiger partial charge in [-0.15, -0.1) is 0 Å². The zero-order valence-corrected chi connectivity index (χ0v) is 12.2. The Morgan fingerprint density at radius 3 is 2.75 bits per heavy atom. The fourth-order valence-corrected chi connectivity index (χ4v) is 2.47. The number of nitrogens with two attached hydrogens (primary N) is 1. The van der Waals surface area contributed by atoms with E-state index >= 15 is 0 Å². The normalized spacial score (nSPS) is 15.9. The molecule has 1 aromatic heterocycles. The van der Waals surface area contributed by atoms with E-state index in [-0.39, 0.29) is 0 Å². The fraction of sp³-hybridized carbons (Fsp3) is 0.267. The van der Waals surface area contributed by atoms with Crippen LogP contribution in [0.3, 0.4) is 0 Å². The van der Waals surface area contributed by atoms with Gasteiger partial charge in [-0.1, -0.05) is 35.3 Å². The molecule has 1 atom stereocenters. The topological polar surface area (TPSA) is 48.1 Å². The van der Waals surface area contributed by atoms with Gasteiger partial charge in [-0.2, -0.15) is 0 Å². The molecule has 1 aliphatic rings. The Bertz CT molecular complexity index is 629. The van der Waals surface area contributed by atoms with Crippen molar-refractivity contribution in [2.75, 3.05) is 0 Å². The molecular weight excluding hydrogens is 295 g/mol. The van der Waals surface area contributed by atoms with Crippen molar-refractivity contribution in [3.8, 4) is 5.75 Å². The first kappa shape index (κ1) is 13.7. The lowest BCUT2D eigenvalue weighted by Crippen LogP contribution is -2.14. The molecule has 0 saturated heterocycles. The van der Waals surface area contributed by atoms with Gasteiger partial charge < -0.3 is 10.5 Å². The lowest BCUT2D eigenvalue weighted by molar-refractivity contribution is 0.303. The van der Waals surface area contributed by atoms with Crippen molar-refractivity contribution in [3.05, 3.63) is 57.8 Å². The first-order chi connectivity index (χ1) is 9.63. The first-order valence-corrected chi connectivity index (χ1v) is 7.22. The predicted octanol–water partition coefficient (Wildman–Crippen LogP) is 3.98. The van der Waals surface area contributed by atoms with Crippen molar-refractivity contribution in [2.24, 2.45) is 5.73 Å². The minimum absolute atomic E-state index is 0.360. The lowest BCUT2D eigenvalue weighted by atomic mass is 10.0. The zero-order valence-electron chi connectivity index (χ0n) is 10.7. The van der Waals surface area contributed by atoms with Crippen LogP contribution in [0.1, 0.15) is 30.1 Å². The maximum Gasteiger partial charge on any atom is 0.120 e. The number of pyridine rings is 1. The van der Waals surface area contributed by atoms with E-state index in [9.17, 15) is 0 Å². The standard InChI is InChI=1S/C15H14Cl2N2O/c16-10-7-13(17)15(19-8-10)14(18)9-2-1-3-12(6-9)20-11-4-5-11/h1-3,6-8,11,14H,4-5,18H2. The van der Waals surface area contributed by atoms with Gasteiger partial charge in [0, 0.05) is 6.20 Å². The molecule has 0 aliphatic heterocycles. The Kier molecular flexibility index (Phi) is 3.83. The molecule has 5 heteroatoms. The summed E-state index contributed by atoms with van der Waals surface area (Å²) in [6.07, 6.45) is 4.16. The Balaban J connectivity index is 1.86. The van der Waals surface area contributed by atoms with Crippen LogP contribution in [0, 0.1) is 0 Å². The highest BCUT2D eigenvalue weighted by Crippen LogP contribution is 2.31. The van der Waals surface area contributed by atoms with Gasteiger partial charge >= 0.3 is 0 Å². The van der Waals surface area contributed by atoms with Gasteiger partial charge in [-0.05, 0) is 36.6 Å². The van der Waals surface area contributed by atoms with Crippen LogP contribution in [-0.2, 0) is 0 Å². The molecule has 3 rings (SSSR count). The van der Waals surface area contributed by atoms with E-state index in [0.29, 0.717) is 21.8 Å². The SMILES string of the molecule is NC(c1cccc(OC2CC2)c1)c1ncc(Cl)cc1Cl. The average molecular weight is 309 g/mol. The summed E-state index contributed by atoms with van der Waals surface area (Å²) in [5.74, 6) is 0.838. The van der Waals surface area contributed by atoms with E-state index in [4.69, 9.17) is 33.7 Å². The molecule has 3 nitrogen and oxygen atoms in total. The van der Waals surface area contributed by atoms with E-state index in [2.05, 4.69) is 4.98 Å². The molecule has 2 aromatic rings. The number of hydrogen-bond acceptors (Lipinski definition) is 3. The maximum absolute atomic E-state index is 6.24. The van der Waals surface area contributed by atoms with Crippen LogP contribution in [0.5, 0.6) is 5.75 Å². The third-order valence-corrected chi connectivity index (χ3v) is 3.68. The molecule has 1 aliphatic carbocycles. The Labute approximate surface area is 127 Å². The fourth-order valence-electron chi connectivity index (χ4n) is 1.97. The van der Waals surface area contributed by atoms with Crippen molar-refractivity contribution in [1.82, 2.24) is 4.98 Å². The second-order valence-electron chi connectivity index (χ2n) is 4.89. The molecule has 1 saturated carbocycles. The summed E-state index contributed by atoms with van der Waals surface area (Å²) < 4.78 is 5.77. The van der Waals surface area contributed by atoms with Gasteiger partial charge in [0.2, 0.25) is 0 Å². The van der Waals surface area contributed by atoms with Crippen molar-refractivity contribution < 1.29 is 4.74 Å². The third-order valence-electron chi connectivity index (χ3n) is 3.18. The number of rotatable bonds is 4. The highest BCUT2D eigenvalue weighted by Gasteiger charge is 2.24. The molecular formula is C15H14Cl2N2O. The minimum atomic E-state index is -0.400. The molecule has 2 N–H and O–H groups in total. The first-order valence-electron chi connectivity index (χ1n) is 6.46. The molecule has 1 unspecified atom stereocenters. The Morgan fingerprint density at radius 2 is 2.05 bits per heavy atom. The van der Waals surface area contributed by atoms with Gasteiger partial charge in [0.15, 0.2) is 0 Å². The number of halogens is 2. The Morgan fingerprint density at radius 1 is 1.25 bits per heavy atom. The largest absolute Gasteiger partial charge is 0.490 e. The molecule has 20 heavy (non-hydrogen) atoms. The summed E-state index contributed by atoms with van der Waals surface area (Å²) >= 11 is 12.0. The maximum atomic E-state index is 6.24. The van der Waals surface area contributed by atoms with Gasteiger partial charge in [0.25, 0.3) is 0 Å². The van der Waals surface area contributed by atoms with Gasteiger partial charge in [0.05, 0.1) is 27.9 Å². The van der Waals surface area contributed by atoms with E-state index in [0.717, 1.165) is 24.2 Å². The number of aromatic nitrogens is 1. The second-order valence-corrected chi connectivity index (χ2v) is 5.73. The van der Waals surface area contributed by atoms with Crippen LogP contribution in [0.4, 0.5) is 0 Å². The molecule has 104 valence electrons. The molecule has 1 fully saturated rings. The molecule has 0 spiro atoms. The highest BCUT2D eigenvalue weighted by atomic mass is 35.5. The van der Waals surface area contributed by atoms with Crippen LogP contribution in [-0.4, -0.2) is 11.1 Å². The molecule has 0 amide bonds. The predicted molar refractivity (Wildman–Crippen MR) is 80.4 cm³/mol. The molecule has 0 bridgehead atoms. The molecule has 0 radical (unpaired) electrons. The van der Waals surface area contributed by atoms with Crippen LogP contribution >= 0.6 is 23.2 Å². The average Bonchev–Trinajstić information content (AvgIpc) is 3.22. The number of benzene rings is 1. The minimum Gasteiger partial charge on any atom is -0.490 e. The van der Waals surface area contributed by atoms with Crippen molar-refractivity contribution >= 4 is 23.2 Å². The summed E-state index contributed by atoms with van der Waals surface area (Å²) in [6, 6.07) is 8.99. The highest BCUT2D eigenvalue weighted by molar-refractivity contribution is 6.34. The smallest absolute Gasteiger partial charge is 0.120 e. The van der Waals surface area contributed by atoms with Crippen LogP contribution in [0.15, 0.2) is 36.5 Å². The van der Waals surface area contributed by atoms with Crippen molar-refractivity contribution in [3.63, 3.8) is 0 Å². The lowest BCUT2D eigenvalue weighted by Gasteiger charge is -2.14. The van der Waals surface area contributed by atoms with Crippen molar-refractivity contribution in [2.45, 2.75) is 25.0 Å². The summed E-state index contributed by atoms with van der Waals surface area (Å²) in [5, 5.41) is 0.968. The summed E-state index contributed by atoms with van der Waals surface area (Å²) in [5.41, 5.74) is 7.76. The monoisotopic (exact) mass is 308 g/mol.